The Balaban J connectivity index is 1.87. The zero-order valence-electron chi connectivity index (χ0n) is 14.9. The number of aromatic nitrogens is 1. The zero-order chi connectivity index (χ0) is 19.6. The predicted octanol–water partition coefficient (Wildman–Crippen LogP) is 5.13. The number of carboxylic acids is 1. The number of benzene rings is 1. The van der Waals surface area contributed by atoms with Crippen LogP contribution in [0, 0.1) is 12.8 Å². The lowest BCUT2D eigenvalue weighted by Crippen LogP contribution is -2.29. The normalized spacial score (nSPS) is 20.3. The minimum absolute atomic E-state index is 0.00885. The molecule has 1 aromatic heterocycles. The van der Waals surface area contributed by atoms with Crippen molar-refractivity contribution in [2.45, 2.75) is 44.8 Å². The van der Waals surface area contributed by atoms with Gasteiger partial charge in [-0.25, -0.2) is 4.98 Å². The molecule has 27 heavy (non-hydrogen) atoms. The van der Waals surface area contributed by atoms with Crippen LogP contribution in [0.1, 0.15) is 36.8 Å². The van der Waals surface area contributed by atoms with Crippen molar-refractivity contribution >= 4 is 11.8 Å². The standard InChI is InChI=1S/C20H21F3N2O2/c1-12-4-2-3-5-15(12)18-16(20(21,22)23)10-11-17(25-18)24-14-8-6-13(7-9-14)19(26)27/h2-5,10-11,13-14H,6-9H2,1H3,(H,24,25)(H,26,27). The van der Waals surface area contributed by atoms with Crippen LogP contribution in [0.4, 0.5) is 19.0 Å². The lowest BCUT2D eigenvalue weighted by molar-refractivity contribution is -0.142. The van der Waals surface area contributed by atoms with Gasteiger partial charge in [-0.05, 0) is 50.3 Å². The van der Waals surface area contributed by atoms with Gasteiger partial charge in [-0.2, -0.15) is 13.2 Å². The summed E-state index contributed by atoms with van der Waals surface area (Å²) in [5, 5.41) is 12.2. The number of carbonyl (C=O) groups is 1. The second kappa shape index (κ2) is 7.58. The summed E-state index contributed by atoms with van der Waals surface area (Å²) >= 11 is 0. The number of nitrogens with one attached hydrogen (secondary N) is 1. The molecule has 1 aliphatic rings. The highest BCUT2D eigenvalue weighted by Crippen LogP contribution is 2.38. The smallest absolute Gasteiger partial charge is 0.418 e. The van der Waals surface area contributed by atoms with Gasteiger partial charge in [0.25, 0.3) is 0 Å². The first-order valence-electron chi connectivity index (χ1n) is 8.89. The number of halogens is 3. The van der Waals surface area contributed by atoms with E-state index in [4.69, 9.17) is 5.11 Å². The Kier molecular flexibility index (Phi) is 5.39. The van der Waals surface area contributed by atoms with Crippen LogP contribution in [-0.4, -0.2) is 22.1 Å². The highest BCUT2D eigenvalue weighted by atomic mass is 19.4. The van der Waals surface area contributed by atoms with Gasteiger partial charge in [0, 0.05) is 11.6 Å². The van der Waals surface area contributed by atoms with Gasteiger partial charge in [0.05, 0.1) is 17.2 Å². The molecule has 2 aromatic rings. The number of rotatable bonds is 4. The second-order valence-corrected chi connectivity index (χ2v) is 6.94. The molecule has 0 spiro atoms. The van der Waals surface area contributed by atoms with E-state index in [2.05, 4.69) is 10.3 Å². The Hall–Kier alpha value is -2.57. The van der Waals surface area contributed by atoms with E-state index in [9.17, 15) is 18.0 Å². The largest absolute Gasteiger partial charge is 0.481 e. The third kappa shape index (κ3) is 4.40. The van der Waals surface area contributed by atoms with Crippen molar-refractivity contribution in [3.63, 3.8) is 0 Å². The lowest BCUT2D eigenvalue weighted by Gasteiger charge is -2.27. The molecule has 4 nitrogen and oxygen atoms in total. The number of hydrogen-bond acceptors (Lipinski definition) is 3. The number of aliphatic carboxylic acids is 1. The first-order valence-corrected chi connectivity index (χ1v) is 8.89. The number of aryl methyl sites for hydroxylation is 1. The Morgan fingerprint density at radius 2 is 1.78 bits per heavy atom. The van der Waals surface area contributed by atoms with Crippen molar-refractivity contribution in [2.75, 3.05) is 5.32 Å². The predicted molar refractivity (Wildman–Crippen MR) is 96.4 cm³/mol. The van der Waals surface area contributed by atoms with E-state index in [1.54, 1.807) is 31.2 Å². The van der Waals surface area contributed by atoms with Crippen LogP contribution in [0.5, 0.6) is 0 Å². The van der Waals surface area contributed by atoms with Crippen molar-refractivity contribution < 1.29 is 23.1 Å². The van der Waals surface area contributed by atoms with E-state index in [1.807, 2.05) is 0 Å². The monoisotopic (exact) mass is 378 g/mol. The van der Waals surface area contributed by atoms with Crippen molar-refractivity contribution in [3.05, 3.63) is 47.5 Å². The molecule has 0 saturated heterocycles. The summed E-state index contributed by atoms with van der Waals surface area (Å²) < 4.78 is 40.4. The molecular formula is C20H21F3N2O2. The van der Waals surface area contributed by atoms with E-state index in [0.717, 1.165) is 11.6 Å². The molecule has 1 aromatic carbocycles. The van der Waals surface area contributed by atoms with Gasteiger partial charge in [-0.3, -0.25) is 4.79 Å². The minimum atomic E-state index is -4.50. The quantitative estimate of drug-likeness (QED) is 0.774. The maximum absolute atomic E-state index is 13.5. The van der Waals surface area contributed by atoms with Gasteiger partial charge in [-0.1, -0.05) is 24.3 Å². The van der Waals surface area contributed by atoms with Crippen LogP contribution in [0.3, 0.4) is 0 Å². The highest BCUT2D eigenvalue weighted by molar-refractivity contribution is 5.70. The molecule has 0 bridgehead atoms. The molecule has 1 aliphatic carbocycles. The van der Waals surface area contributed by atoms with Crippen LogP contribution in [0.2, 0.25) is 0 Å². The van der Waals surface area contributed by atoms with E-state index < -0.39 is 17.7 Å². The van der Waals surface area contributed by atoms with Gasteiger partial charge in [0.2, 0.25) is 0 Å². The van der Waals surface area contributed by atoms with Crippen LogP contribution >= 0.6 is 0 Å². The van der Waals surface area contributed by atoms with Gasteiger partial charge in [-0.15, -0.1) is 0 Å². The van der Waals surface area contributed by atoms with Gasteiger partial charge >= 0.3 is 12.1 Å². The number of nitrogens with zero attached hydrogens (tertiary/aromatic N) is 1. The molecule has 1 heterocycles. The molecule has 0 radical (unpaired) electrons. The average molecular weight is 378 g/mol. The Bertz CT molecular complexity index is 828. The minimum Gasteiger partial charge on any atom is -0.481 e. The number of anilines is 1. The van der Waals surface area contributed by atoms with Gasteiger partial charge in [0.1, 0.15) is 5.82 Å². The molecule has 0 atom stereocenters. The lowest BCUT2D eigenvalue weighted by atomic mass is 9.86. The second-order valence-electron chi connectivity index (χ2n) is 6.94. The summed E-state index contributed by atoms with van der Waals surface area (Å²) in [5.74, 6) is -0.755. The number of pyridine rings is 1. The Labute approximate surface area is 155 Å². The Morgan fingerprint density at radius 1 is 1.11 bits per heavy atom. The van der Waals surface area contributed by atoms with Crippen molar-refractivity contribution in [1.29, 1.82) is 0 Å². The van der Waals surface area contributed by atoms with Crippen molar-refractivity contribution in [2.24, 2.45) is 5.92 Å². The SMILES string of the molecule is Cc1ccccc1-c1nc(NC2CCC(C(=O)O)CC2)ccc1C(F)(F)F. The van der Waals surface area contributed by atoms with Crippen LogP contribution < -0.4 is 5.32 Å². The first kappa shape index (κ1) is 19.2. The van der Waals surface area contributed by atoms with Crippen LogP contribution in [-0.2, 0) is 11.0 Å². The van der Waals surface area contributed by atoms with E-state index in [0.29, 0.717) is 37.1 Å². The number of alkyl halides is 3. The fourth-order valence-corrected chi connectivity index (χ4v) is 3.51. The molecule has 1 saturated carbocycles. The zero-order valence-corrected chi connectivity index (χ0v) is 14.9. The molecule has 0 unspecified atom stereocenters. The van der Waals surface area contributed by atoms with Crippen molar-refractivity contribution in [3.8, 4) is 11.3 Å². The van der Waals surface area contributed by atoms with Crippen molar-refractivity contribution in [1.82, 2.24) is 4.98 Å². The third-order valence-electron chi connectivity index (χ3n) is 5.03. The highest BCUT2D eigenvalue weighted by Gasteiger charge is 2.35. The summed E-state index contributed by atoms with van der Waals surface area (Å²) in [5.41, 5.74) is 0.305. The summed E-state index contributed by atoms with van der Waals surface area (Å²) in [7, 11) is 0. The Morgan fingerprint density at radius 3 is 2.37 bits per heavy atom. The summed E-state index contributed by atoms with van der Waals surface area (Å²) in [6, 6.07) is 9.26. The van der Waals surface area contributed by atoms with E-state index in [1.165, 1.54) is 6.07 Å². The first-order chi connectivity index (χ1) is 12.8. The number of hydrogen-bond donors (Lipinski definition) is 2. The summed E-state index contributed by atoms with van der Waals surface area (Å²) in [4.78, 5) is 15.3. The van der Waals surface area contributed by atoms with E-state index >= 15 is 0 Å². The van der Waals surface area contributed by atoms with Gasteiger partial charge in [0.15, 0.2) is 0 Å². The molecule has 0 amide bonds. The molecule has 7 heteroatoms. The third-order valence-corrected chi connectivity index (χ3v) is 5.03. The summed E-state index contributed by atoms with van der Waals surface area (Å²) in [6.07, 6.45) is -2.09. The van der Waals surface area contributed by atoms with Crippen LogP contribution in [0.15, 0.2) is 36.4 Å². The molecule has 144 valence electrons. The average Bonchev–Trinajstić information content (AvgIpc) is 2.61. The van der Waals surface area contributed by atoms with Gasteiger partial charge < -0.3 is 10.4 Å². The fraction of sp³-hybridized carbons (Fsp3) is 0.400. The molecule has 0 aliphatic heterocycles. The maximum atomic E-state index is 13.5. The van der Waals surface area contributed by atoms with E-state index in [-0.39, 0.29) is 17.7 Å². The summed E-state index contributed by atoms with van der Waals surface area (Å²) in [6.45, 7) is 1.75. The van der Waals surface area contributed by atoms with Crippen LogP contribution in [0.25, 0.3) is 11.3 Å². The molecule has 3 rings (SSSR count). The molecule has 1 fully saturated rings. The topological polar surface area (TPSA) is 62.2 Å². The molecular weight excluding hydrogens is 357 g/mol. The number of carboxylic acid groups (broad SMARTS) is 1. The maximum Gasteiger partial charge on any atom is 0.418 e. The molecule has 2 N–H and O–H groups in total. The fourth-order valence-electron chi connectivity index (χ4n) is 3.51.